The molecule has 0 spiro atoms. The van der Waals surface area contributed by atoms with Crippen LogP contribution in [0.5, 0.6) is 0 Å². The van der Waals surface area contributed by atoms with Crippen LogP contribution in [0.4, 0.5) is 17.6 Å². The van der Waals surface area contributed by atoms with Crippen LogP contribution in [0, 0.1) is 5.92 Å². The number of hydrogen-bond acceptors (Lipinski definition) is 4. The summed E-state index contributed by atoms with van der Waals surface area (Å²) in [7, 11) is 1.89. The third kappa shape index (κ3) is 2.81. The highest BCUT2D eigenvalue weighted by Crippen LogP contribution is 2.29. The van der Waals surface area contributed by atoms with E-state index in [2.05, 4.69) is 25.2 Å². The van der Waals surface area contributed by atoms with E-state index in [1.807, 2.05) is 37.4 Å². The Kier molecular flexibility index (Phi) is 3.27. The average Bonchev–Trinajstić information content (AvgIpc) is 3.26. The number of aromatic nitrogens is 3. The maximum absolute atomic E-state index is 4.36. The van der Waals surface area contributed by atoms with Gasteiger partial charge in [0, 0.05) is 7.05 Å². The lowest BCUT2D eigenvalue weighted by molar-refractivity contribution is -0.677. The Morgan fingerprint density at radius 2 is 1.89 bits per heavy atom. The molecule has 5 heteroatoms. The zero-order valence-corrected chi connectivity index (χ0v) is 11.0. The average molecular weight is 256 g/mol. The molecule has 0 amide bonds. The van der Waals surface area contributed by atoms with Gasteiger partial charge in [0.05, 0.1) is 12.2 Å². The molecule has 3 rings (SSSR count). The Morgan fingerprint density at radius 1 is 1.16 bits per heavy atom. The van der Waals surface area contributed by atoms with Gasteiger partial charge in [-0.15, -0.1) is 9.97 Å². The van der Waals surface area contributed by atoms with Crippen LogP contribution in [0.25, 0.3) is 0 Å². The van der Waals surface area contributed by atoms with Crippen molar-refractivity contribution < 1.29 is 4.57 Å². The second kappa shape index (κ2) is 5.22. The van der Waals surface area contributed by atoms with E-state index in [1.54, 1.807) is 6.33 Å². The van der Waals surface area contributed by atoms with Crippen molar-refractivity contribution in [3.8, 4) is 0 Å². The van der Waals surface area contributed by atoms with Crippen molar-refractivity contribution in [1.82, 2.24) is 9.97 Å². The van der Waals surface area contributed by atoms with Crippen LogP contribution in [-0.2, 0) is 6.54 Å². The standard InChI is InChI=1S/C14H17N5/c1-15-13-16-10-17-14(19(13)9-11-7-8-11)18-12-5-3-2-4-6-12/h2-6,10-11H,7-9H2,1H3,(H,15,16,17,18)/p+1. The van der Waals surface area contributed by atoms with Crippen molar-refractivity contribution in [3.05, 3.63) is 36.7 Å². The zero-order chi connectivity index (χ0) is 13.1. The minimum atomic E-state index is 0.763. The molecule has 98 valence electrons. The summed E-state index contributed by atoms with van der Waals surface area (Å²) in [5.41, 5.74) is 1.04. The highest BCUT2D eigenvalue weighted by Gasteiger charge is 2.27. The van der Waals surface area contributed by atoms with Gasteiger partial charge < -0.3 is 5.32 Å². The summed E-state index contributed by atoms with van der Waals surface area (Å²) in [6.45, 7) is 0.964. The molecule has 0 saturated heterocycles. The van der Waals surface area contributed by atoms with Gasteiger partial charge in [0.1, 0.15) is 0 Å². The summed E-state index contributed by atoms with van der Waals surface area (Å²) < 4.78 is 2.12. The maximum Gasteiger partial charge on any atom is 0.328 e. The number of anilines is 3. The van der Waals surface area contributed by atoms with Crippen molar-refractivity contribution in [2.24, 2.45) is 5.92 Å². The largest absolute Gasteiger partial charge is 0.328 e. The van der Waals surface area contributed by atoms with E-state index in [-0.39, 0.29) is 0 Å². The highest BCUT2D eigenvalue weighted by atomic mass is 15.3. The van der Waals surface area contributed by atoms with Gasteiger partial charge in [0.2, 0.25) is 6.33 Å². The number of nitrogens with one attached hydrogen (secondary N) is 2. The lowest BCUT2D eigenvalue weighted by atomic mass is 10.3. The molecule has 1 heterocycles. The summed E-state index contributed by atoms with van der Waals surface area (Å²) in [5, 5.41) is 6.48. The predicted molar refractivity (Wildman–Crippen MR) is 74.2 cm³/mol. The first-order chi connectivity index (χ1) is 9.36. The summed E-state index contributed by atoms with van der Waals surface area (Å²) in [6.07, 6.45) is 4.19. The van der Waals surface area contributed by atoms with E-state index >= 15 is 0 Å². The van der Waals surface area contributed by atoms with E-state index in [0.717, 1.165) is 30.0 Å². The number of rotatable bonds is 5. The summed E-state index contributed by atoms with van der Waals surface area (Å²) in [4.78, 5) is 8.65. The van der Waals surface area contributed by atoms with Gasteiger partial charge in [0.15, 0.2) is 0 Å². The highest BCUT2D eigenvalue weighted by molar-refractivity contribution is 5.50. The second-order valence-electron chi connectivity index (χ2n) is 4.82. The van der Waals surface area contributed by atoms with Gasteiger partial charge in [-0.25, -0.2) is 4.57 Å². The van der Waals surface area contributed by atoms with Gasteiger partial charge >= 0.3 is 11.9 Å². The zero-order valence-electron chi connectivity index (χ0n) is 11.0. The first kappa shape index (κ1) is 11.9. The molecule has 0 atom stereocenters. The van der Waals surface area contributed by atoms with Gasteiger partial charge in [0.25, 0.3) is 0 Å². The Labute approximate surface area is 112 Å². The maximum atomic E-state index is 4.36. The lowest BCUT2D eigenvalue weighted by Crippen LogP contribution is -2.42. The van der Waals surface area contributed by atoms with Gasteiger partial charge in [-0.2, -0.15) is 0 Å². The van der Waals surface area contributed by atoms with E-state index in [0.29, 0.717) is 0 Å². The predicted octanol–water partition coefficient (Wildman–Crippen LogP) is 1.96. The minimum absolute atomic E-state index is 0.763. The Bertz CT molecular complexity index is 551. The van der Waals surface area contributed by atoms with E-state index in [4.69, 9.17) is 0 Å². The Morgan fingerprint density at radius 3 is 2.58 bits per heavy atom. The molecular formula is C14H18N5+. The van der Waals surface area contributed by atoms with Crippen molar-refractivity contribution in [1.29, 1.82) is 0 Å². The molecule has 2 aromatic rings. The topological polar surface area (TPSA) is 53.7 Å². The van der Waals surface area contributed by atoms with Crippen LogP contribution in [0.2, 0.25) is 0 Å². The molecular weight excluding hydrogens is 238 g/mol. The molecule has 1 aromatic carbocycles. The fraction of sp³-hybridized carbons (Fsp3) is 0.357. The van der Waals surface area contributed by atoms with Crippen molar-refractivity contribution >= 4 is 17.6 Å². The Balaban J connectivity index is 1.90. The van der Waals surface area contributed by atoms with Gasteiger partial charge in [-0.3, -0.25) is 5.32 Å². The van der Waals surface area contributed by atoms with Crippen molar-refractivity contribution in [2.75, 3.05) is 17.7 Å². The molecule has 19 heavy (non-hydrogen) atoms. The number of para-hydroxylation sites is 1. The van der Waals surface area contributed by atoms with E-state index in [1.165, 1.54) is 12.8 Å². The third-order valence-electron chi connectivity index (χ3n) is 3.26. The molecule has 5 nitrogen and oxygen atoms in total. The van der Waals surface area contributed by atoms with Crippen LogP contribution < -0.4 is 15.2 Å². The summed E-state index contributed by atoms with van der Waals surface area (Å²) in [6, 6.07) is 10.1. The van der Waals surface area contributed by atoms with Gasteiger partial charge in [-0.1, -0.05) is 18.2 Å². The first-order valence-corrected chi connectivity index (χ1v) is 6.61. The fourth-order valence-corrected chi connectivity index (χ4v) is 2.06. The minimum Gasteiger partial charge on any atom is -0.309 e. The quantitative estimate of drug-likeness (QED) is 0.803. The molecule has 1 aliphatic rings. The molecule has 2 N–H and O–H groups in total. The van der Waals surface area contributed by atoms with Crippen LogP contribution in [0.15, 0.2) is 36.7 Å². The third-order valence-corrected chi connectivity index (χ3v) is 3.26. The van der Waals surface area contributed by atoms with Crippen LogP contribution in [0.1, 0.15) is 12.8 Å². The fourth-order valence-electron chi connectivity index (χ4n) is 2.06. The molecule has 0 aliphatic heterocycles. The van der Waals surface area contributed by atoms with Crippen LogP contribution in [0.3, 0.4) is 0 Å². The van der Waals surface area contributed by atoms with Crippen molar-refractivity contribution in [2.45, 2.75) is 19.4 Å². The summed E-state index contributed by atoms with van der Waals surface area (Å²) in [5.74, 6) is 2.44. The molecule has 1 saturated carbocycles. The van der Waals surface area contributed by atoms with Crippen molar-refractivity contribution in [3.63, 3.8) is 0 Å². The SMILES string of the molecule is CNc1ncnc(Nc2ccccc2)[n+]1CC1CC1. The molecule has 1 aromatic heterocycles. The molecule has 0 bridgehead atoms. The first-order valence-electron chi connectivity index (χ1n) is 6.61. The van der Waals surface area contributed by atoms with E-state index < -0.39 is 0 Å². The lowest BCUT2D eigenvalue weighted by Gasteiger charge is -2.10. The van der Waals surface area contributed by atoms with Gasteiger partial charge in [-0.05, 0) is 30.9 Å². The smallest absolute Gasteiger partial charge is 0.309 e. The monoisotopic (exact) mass is 256 g/mol. The van der Waals surface area contributed by atoms with Crippen LogP contribution in [-0.4, -0.2) is 17.0 Å². The normalized spacial score (nSPS) is 14.2. The van der Waals surface area contributed by atoms with Crippen LogP contribution >= 0.6 is 0 Å². The molecule has 1 aliphatic carbocycles. The number of nitrogens with zero attached hydrogens (tertiary/aromatic N) is 3. The number of hydrogen-bond donors (Lipinski definition) is 2. The van der Waals surface area contributed by atoms with E-state index in [9.17, 15) is 0 Å². The molecule has 0 unspecified atom stereocenters. The molecule has 1 fully saturated rings. The molecule has 0 radical (unpaired) electrons. The second-order valence-corrected chi connectivity index (χ2v) is 4.82. The Hall–Kier alpha value is -2.17. The number of benzene rings is 1. The summed E-state index contributed by atoms with van der Waals surface area (Å²) >= 11 is 0.